The third kappa shape index (κ3) is 4.87. The standard InChI is InChI=1S/C16H22N4O2/c1-12-4-5-13(2)15(8-12)22-7-6-16(21)19-14(3)9-20-11-17-10-18-20/h4-5,8,10-11,14H,6-7,9H2,1-3H3,(H,19,21). The van der Waals surface area contributed by atoms with Crippen LogP contribution >= 0.6 is 0 Å². The average molecular weight is 302 g/mol. The molecule has 1 N–H and O–H groups in total. The van der Waals surface area contributed by atoms with Crippen LogP contribution in [0.2, 0.25) is 0 Å². The summed E-state index contributed by atoms with van der Waals surface area (Å²) < 4.78 is 7.38. The molecule has 22 heavy (non-hydrogen) atoms. The Morgan fingerprint density at radius 2 is 2.23 bits per heavy atom. The molecule has 2 aromatic rings. The van der Waals surface area contributed by atoms with Crippen LogP contribution in [0, 0.1) is 13.8 Å². The highest BCUT2D eigenvalue weighted by molar-refractivity contribution is 5.76. The molecule has 0 radical (unpaired) electrons. The number of aromatic nitrogens is 3. The van der Waals surface area contributed by atoms with Gasteiger partial charge < -0.3 is 10.1 Å². The predicted octanol–water partition coefficient (Wildman–Crippen LogP) is 1.87. The van der Waals surface area contributed by atoms with Crippen molar-refractivity contribution in [2.24, 2.45) is 0 Å². The first kappa shape index (κ1) is 16.0. The zero-order chi connectivity index (χ0) is 15.9. The van der Waals surface area contributed by atoms with Crippen LogP contribution in [0.5, 0.6) is 5.75 Å². The summed E-state index contributed by atoms with van der Waals surface area (Å²) in [5.74, 6) is 0.807. The van der Waals surface area contributed by atoms with Crippen molar-refractivity contribution in [1.82, 2.24) is 20.1 Å². The van der Waals surface area contributed by atoms with Crippen molar-refractivity contribution in [3.63, 3.8) is 0 Å². The first-order valence-electron chi connectivity index (χ1n) is 7.36. The Hall–Kier alpha value is -2.37. The van der Waals surface area contributed by atoms with Gasteiger partial charge in [0.15, 0.2) is 0 Å². The van der Waals surface area contributed by atoms with Gasteiger partial charge in [0.2, 0.25) is 5.91 Å². The van der Waals surface area contributed by atoms with Gasteiger partial charge in [0, 0.05) is 6.04 Å². The van der Waals surface area contributed by atoms with Gasteiger partial charge in [0.05, 0.1) is 19.6 Å². The smallest absolute Gasteiger partial charge is 0.223 e. The van der Waals surface area contributed by atoms with Crippen LogP contribution in [0.15, 0.2) is 30.9 Å². The molecule has 1 aromatic heterocycles. The Morgan fingerprint density at radius 3 is 2.95 bits per heavy atom. The molecule has 118 valence electrons. The van der Waals surface area contributed by atoms with E-state index in [0.29, 0.717) is 19.6 Å². The lowest BCUT2D eigenvalue weighted by Gasteiger charge is -2.14. The molecule has 0 aliphatic carbocycles. The Morgan fingerprint density at radius 1 is 1.41 bits per heavy atom. The minimum absolute atomic E-state index is 0.00472. The number of benzene rings is 1. The van der Waals surface area contributed by atoms with Gasteiger partial charge >= 0.3 is 0 Å². The van der Waals surface area contributed by atoms with E-state index in [1.54, 1.807) is 11.0 Å². The van der Waals surface area contributed by atoms with Crippen molar-refractivity contribution in [2.45, 2.75) is 39.8 Å². The SMILES string of the molecule is Cc1ccc(C)c(OCCC(=O)NC(C)Cn2cncn2)c1. The number of hydrogen-bond donors (Lipinski definition) is 1. The highest BCUT2D eigenvalue weighted by Crippen LogP contribution is 2.19. The van der Waals surface area contributed by atoms with Crippen LogP contribution in [-0.2, 0) is 11.3 Å². The van der Waals surface area contributed by atoms with E-state index < -0.39 is 0 Å². The fourth-order valence-electron chi connectivity index (χ4n) is 2.12. The minimum atomic E-state index is -0.0297. The van der Waals surface area contributed by atoms with Crippen molar-refractivity contribution in [3.8, 4) is 5.75 Å². The van der Waals surface area contributed by atoms with E-state index in [-0.39, 0.29) is 11.9 Å². The van der Waals surface area contributed by atoms with Crippen molar-refractivity contribution in [3.05, 3.63) is 42.0 Å². The monoisotopic (exact) mass is 302 g/mol. The number of nitrogens with zero attached hydrogens (tertiary/aromatic N) is 3. The molecule has 6 heteroatoms. The minimum Gasteiger partial charge on any atom is -0.493 e. The lowest BCUT2D eigenvalue weighted by molar-refractivity contribution is -0.122. The second-order valence-corrected chi connectivity index (χ2v) is 5.45. The van der Waals surface area contributed by atoms with Crippen molar-refractivity contribution in [2.75, 3.05) is 6.61 Å². The topological polar surface area (TPSA) is 69.0 Å². The van der Waals surface area contributed by atoms with Crippen LogP contribution in [0.4, 0.5) is 0 Å². The first-order valence-corrected chi connectivity index (χ1v) is 7.36. The van der Waals surface area contributed by atoms with Gasteiger partial charge in [-0.25, -0.2) is 4.98 Å². The fraction of sp³-hybridized carbons (Fsp3) is 0.438. The molecule has 1 aromatic carbocycles. The Bertz CT molecular complexity index is 611. The summed E-state index contributed by atoms with van der Waals surface area (Å²) in [7, 11) is 0. The number of carbonyl (C=O) groups excluding carboxylic acids is 1. The third-order valence-electron chi connectivity index (χ3n) is 3.27. The molecule has 1 amide bonds. The normalized spacial score (nSPS) is 12.0. The van der Waals surface area contributed by atoms with Crippen LogP contribution in [0.25, 0.3) is 0 Å². The van der Waals surface area contributed by atoms with Crippen molar-refractivity contribution in [1.29, 1.82) is 0 Å². The number of rotatable bonds is 7. The Kier molecular flexibility index (Phi) is 5.52. The van der Waals surface area contributed by atoms with E-state index in [2.05, 4.69) is 15.4 Å². The lowest BCUT2D eigenvalue weighted by Crippen LogP contribution is -2.36. The molecule has 0 aliphatic rings. The number of nitrogens with one attached hydrogen (secondary N) is 1. The van der Waals surface area contributed by atoms with Gasteiger partial charge in [0.1, 0.15) is 18.4 Å². The number of aryl methyl sites for hydroxylation is 2. The highest BCUT2D eigenvalue weighted by atomic mass is 16.5. The molecule has 1 atom stereocenters. The zero-order valence-corrected chi connectivity index (χ0v) is 13.2. The summed E-state index contributed by atoms with van der Waals surface area (Å²) in [6, 6.07) is 6.04. The molecule has 0 fully saturated rings. The van der Waals surface area contributed by atoms with Gasteiger partial charge in [-0.3, -0.25) is 9.48 Å². The number of hydrogen-bond acceptors (Lipinski definition) is 4. The molecule has 2 rings (SSSR count). The maximum Gasteiger partial charge on any atom is 0.223 e. The second kappa shape index (κ2) is 7.59. The summed E-state index contributed by atoms with van der Waals surface area (Å²) in [5.41, 5.74) is 2.22. The van der Waals surface area contributed by atoms with Crippen LogP contribution in [0.1, 0.15) is 24.5 Å². The first-order chi connectivity index (χ1) is 10.5. The molecule has 6 nitrogen and oxygen atoms in total. The molecule has 0 aliphatic heterocycles. The maximum atomic E-state index is 11.9. The Labute approximate surface area is 130 Å². The van der Waals surface area contributed by atoms with E-state index in [1.165, 1.54) is 6.33 Å². The van der Waals surface area contributed by atoms with E-state index >= 15 is 0 Å². The average Bonchev–Trinajstić information content (AvgIpc) is 2.95. The van der Waals surface area contributed by atoms with Gasteiger partial charge in [-0.2, -0.15) is 5.10 Å². The van der Waals surface area contributed by atoms with Crippen LogP contribution in [-0.4, -0.2) is 33.3 Å². The van der Waals surface area contributed by atoms with Gasteiger partial charge in [-0.1, -0.05) is 12.1 Å². The molecule has 0 spiro atoms. The van der Waals surface area contributed by atoms with Crippen LogP contribution < -0.4 is 10.1 Å². The van der Waals surface area contributed by atoms with E-state index in [1.807, 2.05) is 39.0 Å². The molecule has 0 bridgehead atoms. The van der Waals surface area contributed by atoms with E-state index in [0.717, 1.165) is 16.9 Å². The number of ether oxygens (including phenoxy) is 1. The van der Waals surface area contributed by atoms with Gasteiger partial charge in [-0.05, 0) is 38.0 Å². The summed E-state index contributed by atoms with van der Waals surface area (Å²) in [6.45, 7) is 6.92. The summed E-state index contributed by atoms with van der Waals surface area (Å²) in [6.07, 6.45) is 3.44. The molecule has 1 heterocycles. The summed E-state index contributed by atoms with van der Waals surface area (Å²) in [4.78, 5) is 15.8. The lowest BCUT2D eigenvalue weighted by atomic mass is 10.1. The fourth-order valence-corrected chi connectivity index (χ4v) is 2.12. The summed E-state index contributed by atoms with van der Waals surface area (Å²) in [5, 5.41) is 6.94. The largest absolute Gasteiger partial charge is 0.493 e. The van der Waals surface area contributed by atoms with E-state index in [9.17, 15) is 4.79 Å². The predicted molar refractivity (Wildman–Crippen MR) is 83.7 cm³/mol. The van der Waals surface area contributed by atoms with Crippen molar-refractivity contribution >= 4 is 5.91 Å². The number of amides is 1. The summed E-state index contributed by atoms with van der Waals surface area (Å²) >= 11 is 0. The third-order valence-corrected chi connectivity index (χ3v) is 3.27. The molecule has 0 saturated heterocycles. The quantitative estimate of drug-likeness (QED) is 0.847. The molecular weight excluding hydrogens is 280 g/mol. The molecular formula is C16H22N4O2. The number of carbonyl (C=O) groups is 1. The highest BCUT2D eigenvalue weighted by Gasteiger charge is 2.09. The Balaban J connectivity index is 1.72. The van der Waals surface area contributed by atoms with Crippen molar-refractivity contribution < 1.29 is 9.53 Å². The van der Waals surface area contributed by atoms with Crippen LogP contribution in [0.3, 0.4) is 0 Å². The zero-order valence-electron chi connectivity index (χ0n) is 13.2. The van der Waals surface area contributed by atoms with Gasteiger partial charge in [0.25, 0.3) is 0 Å². The molecule has 1 unspecified atom stereocenters. The maximum absolute atomic E-state index is 11.9. The van der Waals surface area contributed by atoms with Gasteiger partial charge in [-0.15, -0.1) is 0 Å². The van der Waals surface area contributed by atoms with E-state index in [4.69, 9.17) is 4.74 Å². The molecule has 0 saturated carbocycles. The second-order valence-electron chi connectivity index (χ2n) is 5.45.